The zero-order valence-corrected chi connectivity index (χ0v) is 25.1. The number of benzene rings is 3. The third-order valence-corrected chi connectivity index (χ3v) is 8.78. The summed E-state index contributed by atoms with van der Waals surface area (Å²) >= 11 is 0. The summed E-state index contributed by atoms with van der Waals surface area (Å²) in [4.78, 5) is 28.1. The Labute approximate surface area is 245 Å². The zero-order chi connectivity index (χ0) is 31.2. The number of nitrogens with one attached hydrogen (secondary N) is 1. The molecule has 0 aliphatic rings. The fraction of sp³-hybridized carbons (Fsp3) is 0.355. The molecule has 0 aliphatic carbocycles. The third kappa shape index (κ3) is 8.12. The highest BCUT2D eigenvalue weighted by Crippen LogP contribution is 2.33. The summed E-state index contributed by atoms with van der Waals surface area (Å²) in [7, 11) is -4.49. The summed E-state index contributed by atoms with van der Waals surface area (Å²) in [6.07, 6.45) is -4.08. The predicted octanol–water partition coefficient (Wildman–Crippen LogP) is 5.85. The molecule has 3 rings (SSSR count). The fourth-order valence-electron chi connectivity index (χ4n) is 4.14. The van der Waals surface area contributed by atoms with Gasteiger partial charge in [0.05, 0.1) is 16.1 Å². The predicted molar refractivity (Wildman–Crippen MR) is 156 cm³/mol. The van der Waals surface area contributed by atoms with E-state index in [1.165, 1.54) is 30.0 Å². The molecule has 1 N–H and O–H groups in total. The van der Waals surface area contributed by atoms with Crippen molar-refractivity contribution in [1.82, 2.24) is 10.2 Å². The van der Waals surface area contributed by atoms with Crippen LogP contribution in [0.1, 0.15) is 49.4 Å². The molecule has 42 heavy (non-hydrogen) atoms. The van der Waals surface area contributed by atoms with Crippen LogP contribution in [-0.4, -0.2) is 43.8 Å². The lowest BCUT2D eigenvalue weighted by Gasteiger charge is -2.32. The van der Waals surface area contributed by atoms with E-state index in [0.717, 1.165) is 23.3 Å². The summed E-state index contributed by atoms with van der Waals surface area (Å²) in [5.41, 5.74) is 1.07. The van der Waals surface area contributed by atoms with Crippen molar-refractivity contribution >= 4 is 27.5 Å². The van der Waals surface area contributed by atoms with Crippen LogP contribution < -0.4 is 9.62 Å². The Morgan fingerprint density at radius 1 is 0.905 bits per heavy atom. The lowest BCUT2D eigenvalue weighted by atomic mass is 10.1. The molecule has 7 nitrogen and oxygen atoms in total. The minimum atomic E-state index is -4.74. The summed E-state index contributed by atoms with van der Waals surface area (Å²) < 4.78 is 69.1. The van der Waals surface area contributed by atoms with Gasteiger partial charge in [-0.3, -0.25) is 13.9 Å². The first-order chi connectivity index (χ1) is 19.6. The summed E-state index contributed by atoms with van der Waals surface area (Å²) in [6, 6.07) is 15.7. The van der Waals surface area contributed by atoms with E-state index in [2.05, 4.69) is 5.32 Å². The number of nitrogens with zero attached hydrogens (tertiary/aromatic N) is 2. The van der Waals surface area contributed by atoms with Crippen LogP contribution in [0.15, 0.2) is 77.7 Å². The van der Waals surface area contributed by atoms with Crippen molar-refractivity contribution in [1.29, 1.82) is 0 Å². The SMILES string of the molecule is CC[C@@H](C)NC(=O)[C@@H](C)N(Cc1ccc(C)cc1)C(=O)CN(c1cccc(C(F)(F)F)c1)S(=O)(=O)c1ccc(C)cc1. The summed E-state index contributed by atoms with van der Waals surface area (Å²) in [5.74, 6) is -1.19. The maximum atomic E-state index is 13.9. The minimum absolute atomic E-state index is 0.0186. The first-order valence-corrected chi connectivity index (χ1v) is 15.0. The van der Waals surface area contributed by atoms with Crippen LogP contribution >= 0.6 is 0 Å². The molecule has 2 atom stereocenters. The zero-order valence-electron chi connectivity index (χ0n) is 24.3. The Balaban J connectivity index is 2.08. The van der Waals surface area contributed by atoms with Crippen LogP contribution in [0.3, 0.4) is 0 Å². The van der Waals surface area contributed by atoms with Crippen LogP contribution in [0.2, 0.25) is 0 Å². The number of aryl methyl sites for hydroxylation is 2. The Hall–Kier alpha value is -3.86. The lowest BCUT2D eigenvalue weighted by molar-refractivity contribution is -0.139. The quantitative estimate of drug-likeness (QED) is 0.298. The van der Waals surface area contributed by atoms with Crippen LogP contribution in [0, 0.1) is 13.8 Å². The van der Waals surface area contributed by atoms with Gasteiger partial charge in [-0.2, -0.15) is 13.2 Å². The Bertz CT molecular complexity index is 1490. The molecule has 11 heteroatoms. The molecule has 2 amide bonds. The average molecular weight is 604 g/mol. The Morgan fingerprint density at radius 3 is 2.02 bits per heavy atom. The van der Waals surface area contributed by atoms with Gasteiger partial charge in [-0.25, -0.2) is 8.42 Å². The van der Waals surface area contributed by atoms with Crippen molar-refractivity contribution < 1.29 is 31.2 Å². The molecule has 226 valence electrons. The van der Waals surface area contributed by atoms with Crippen molar-refractivity contribution in [2.75, 3.05) is 10.8 Å². The van der Waals surface area contributed by atoms with Crippen LogP contribution in [0.4, 0.5) is 18.9 Å². The van der Waals surface area contributed by atoms with Gasteiger partial charge >= 0.3 is 6.18 Å². The molecule has 0 aliphatic heterocycles. The van der Waals surface area contributed by atoms with Gasteiger partial charge in [-0.15, -0.1) is 0 Å². The normalized spacial score (nSPS) is 13.2. The molecule has 0 saturated heterocycles. The van der Waals surface area contributed by atoms with Crippen LogP contribution in [0.5, 0.6) is 0 Å². The van der Waals surface area contributed by atoms with Crippen molar-refractivity contribution in [2.24, 2.45) is 0 Å². The molecule has 0 aromatic heterocycles. The van der Waals surface area contributed by atoms with E-state index in [0.29, 0.717) is 22.4 Å². The highest BCUT2D eigenvalue weighted by molar-refractivity contribution is 7.92. The number of hydrogen-bond acceptors (Lipinski definition) is 4. The van der Waals surface area contributed by atoms with Gasteiger partial charge in [0.15, 0.2) is 0 Å². The largest absolute Gasteiger partial charge is 0.416 e. The second-order valence-electron chi connectivity index (χ2n) is 10.4. The number of amides is 2. The lowest BCUT2D eigenvalue weighted by Crippen LogP contribution is -2.52. The summed E-state index contributed by atoms with van der Waals surface area (Å²) in [6.45, 7) is 8.07. The molecule has 0 spiro atoms. The number of halogens is 3. The van der Waals surface area contributed by atoms with Gasteiger partial charge < -0.3 is 10.2 Å². The van der Waals surface area contributed by atoms with E-state index in [1.54, 1.807) is 31.2 Å². The Kier molecular flexibility index (Phi) is 10.4. The number of carbonyl (C=O) groups excluding carboxylic acids is 2. The van der Waals surface area contributed by atoms with E-state index in [4.69, 9.17) is 0 Å². The van der Waals surface area contributed by atoms with E-state index >= 15 is 0 Å². The molecule has 0 fully saturated rings. The van der Waals surface area contributed by atoms with Gasteiger partial charge in [0.2, 0.25) is 11.8 Å². The number of carbonyl (C=O) groups is 2. The molecular formula is C31H36F3N3O4S. The highest BCUT2D eigenvalue weighted by Gasteiger charge is 2.35. The molecule has 0 bridgehead atoms. The second-order valence-corrected chi connectivity index (χ2v) is 12.2. The molecule has 3 aromatic rings. The summed E-state index contributed by atoms with van der Waals surface area (Å²) in [5, 5.41) is 2.84. The van der Waals surface area contributed by atoms with Crippen molar-refractivity contribution in [3.8, 4) is 0 Å². The van der Waals surface area contributed by atoms with Crippen molar-refractivity contribution in [3.05, 3.63) is 95.1 Å². The van der Waals surface area contributed by atoms with Crippen LogP contribution in [0.25, 0.3) is 0 Å². The average Bonchev–Trinajstić information content (AvgIpc) is 2.94. The van der Waals surface area contributed by atoms with Crippen LogP contribution in [-0.2, 0) is 32.3 Å². The Morgan fingerprint density at radius 2 is 1.48 bits per heavy atom. The number of hydrogen-bond donors (Lipinski definition) is 1. The van der Waals surface area contributed by atoms with E-state index < -0.39 is 46.2 Å². The maximum absolute atomic E-state index is 13.9. The number of rotatable bonds is 11. The van der Waals surface area contributed by atoms with Gasteiger partial charge in [0.25, 0.3) is 10.0 Å². The smallest absolute Gasteiger partial charge is 0.352 e. The second kappa shape index (κ2) is 13.4. The van der Waals surface area contributed by atoms with E-state index in [1.807, 2.05) is 32.9 Å². The van der Waals surface area contributed by atoms with Crippen molar-refractivity contribution in [2.45, 2.75) is 70.7 Å². The number of alkyl halides is 3. The number of anilines is 1. The van der Waals surface area contributed by atoms with E-state index in [9.17, 15) is 31.2 Å². The third-order valence-electron chi connectivity index (χ3n) is 6.99. The van der Waals surface area contributed by atoms with Gasteiger partial charge in [-0.1, -0.05) is 60.5 Å². The molecule has 0 radical (unpaired) electrons. The first kappa shape index (κ1) is 32.7. The minimum Gasteiger partial charge on any atom is -0.352 e. The maximum Gasteiger partial charge on any atom is 0.416 e. The molecule has 3 aromatic carbocycles. The molecular weight excluding hydrogens is 567 g/mol. The van der Waals surface area contributed by atoms with Crippen molar-refractivity contribution in [3.63, 3.8) is 0 Å². The molecule has 0 unspecified atom stereocenters. The number of sulfonamides is 1. The highest BCUT2D eigenvalue weighted by atomic mass is 32.2. The topological polar surface area (TPSA) is 86.8 Å². The molecule has 0 saturated carbocycles. The standard InChI is InChI=1S/C31H36F3N3O4S/c1-6-23(4)35-30(39)24(5)36(19-25-14-10-21(2)11-15-25)29(38)20-37(27-9-7-8-26(18-27)31(32,33)34)42(40,41)28-16-12-22(3)13-17-28/h7-18,23-24H,6,19-20H2,1-5H3,(H,35,39)/t23-,24-/m1/s1. The first-order valence-electron chi connectivity index (χ1n) is 13.6. The van der Waals surface area contributed by atoms with E-state index in [-0.39, 0.29) is 23.2 Å². The fourth-order valence-corrected chi connectivity index (χ4v) is 5.55. The van der Waals surface area contributed by atoms with Gasteiger partial charge in [-0.05, 0) is 70.0 Å². The van der Waals surface area contributed by atoms with Gasteiger partial charge in [0, 0.05) is 12.6 Å². The van der Waals surface area contributed by atoms with Gasteiger partial charge in [0.1, 0.15) is 12.6 Å². The molecule has 0 heterocycles. The monoisotopic (exact) mass is 603 g/mol.